The number of halogens is 1. The van der Waals surface area contributed by atoms with Crippen LogP contribution in [0.1, 0.15) is 0 Å². The summed E-state index contributed by atoms with van der Waals surface area (Å²) in [6.07, 6.45) is -0.780. The minimum Gasteiger partial charge on any atom is -0.494 e. The number of nitrogens with zero attached hydrogens (tertiary/aromatic N) is 1. The van der Waals surface area contributed by atoms with Gasteiger partial charge in [-0.25, -0.2) is 12.8 Å². The van der Waals surface area contributed by atoms with Crippen molar-refractivity contribution in [3.8, 4) is 5.75 Å². The van der Waals surface area contributed by atoms with Gasteiger partial charge in [0, 0.05) is 20.1 Å². The van der Waals surface area contributed by atoms with E-state index in [9.17, 15) is 17.9 Å². The number of ether oxygens (including phenoxy) is 1. The molecule has 112 valence electrons. The number of hydrogen-bond donors (Lipinski definition) is 2. The maximum atomic E-state index is 13.6. The molecule has 1 fully saturated rings. The van der Waals surface area contributed by atoms with E-state index in [1.54, 1.807) is 0 Å². The number of β-amino-alcohol motifs (C(OH)–C–C–N with tert-alkyl or cyclic N) is 1. The fraction of sp³-hybridized carbons (Fsp3) is 0.500. The van der Waals surface area contributed by atoms with Gasteiger partial charge in [-0.3, -0.25) is 0 Å². The Hall–Kier alpha value is -1.22. The highest BCUT2D eigenvalue weighted by Gasteiger charge is 2.35. The molecule has 0 amide bonds. The Bertz CT molecular complexity index is 593. The second-order valence-electron chi connectivity index (χ2n) is 4.61. The molecule has 2 atom stereocenters. The Labute approximate surface area is 117 Å². The quantitative estimate of drug-likeness (QED) is 0.804. The largest absolute Gasteiger partial charge is 0.494 e. The van der Waals surface area contributed by atoms with Gasteiger partial charge >= 0.3 is 0 Å². The summed E-state index contributed by atoms with van der Waals surface area (Å²) in [7, 11) is -1.19. The molecule has 1 aliphatic heterocycles. The number of aliphatic hydroxyl groups is 1. The number of benzene rings is 1. The fourth-order valence-electron chi connectivity index (χ4n) is 2.17. The van der Waals surface area contributed by atoms with E-state index in [1.807, 2.05) is 0 Å². The van der Waals surface area contributed by atoms with Gasteiger partial charge in [0.2, 0.25) is 10.0 Å². The first-order valence-corrected chi connectivity index (χ1v) is 7.52. The average molecular weight is 304 g/mol. The van der Waals surface area contributed by atoms with Crippen molar-refractivity contribution >= 4 is 10.0 Å². The summed E-state index contributed by atoms with van der Waals surface area (Å²) in [4.78, 5) is -0.169. The Kier molecular flexibility index (Phi) is 4.28. The lowest BCUT2D eigenvalue weighted by molar-refractivity contribution is 0.136. The highest BCUT2D eigenvalue weighted by Crippen LogP contribution is 2.24. The van der Waals surface area contributed by atoms with Gasteiger partial charge in [-0.15, -0.1) is 0 Å². The van der Waals surface area contributed by atoms with Gasteiger partial charge in [-0.2, -0.15) is 4.31 Å². The van der Waals surface area contributed by atoms with Crippen LogP contribution in [0.15, 0.2) is 23.1 Å². The van der Waals surface area contributed by atoms with Crippen molar-refractivity contribution in [2.45, 2.75) is 17.0 Å². The van der Waals surface area contributed by atoms with Crippen LogP contribution in [0.25, 0.3) is 0 Å². The van der Waals surface area contributed by atoms with Crippen molar-refractivity contribution in [3.05, 3.63) is 24.0 Å². The molecule has 0 aromatic heterocycles. The Morgan fingerprint density at radius 2 is 2.15 bits per heavy atom. The Balaban J connectivity index is 2.32. The zero-order valence-corrected chi connectivity index (χ0v) is 12.0. The van der Waals surface area contributed by atoms with Crippen LogP contribution in [0.4, 0.5) is 4.39 Å². The molecular weight excluding hydrogens is 287 g/mol. The number of aliphatic hydroxyl groups excluding tert-OH is 1. The number of methoxy groups -OCH3 is 1. The second-order valence-corrected chi connectivity index (χ2v) is 6.61. The van der Waals surface area contributed by atoms with Crippen molar-refractivity contribution in [2.24, 2.45) is 0 Å². The number of rotatable bonds is 4. The van der Waals surface area contributed by atoms with Gasteiger partial charge in [0.05, 0.1) is 24.2 Å². The van der Waals surface area contributed by atoms with Crippen LogP contribution in [0.2, 0.25) is 0 Å². The summed E-state index contributed by atoms with van der Waals surface area (Å²) in [5.41, 5.74) is 0. The van der Waals surface area contributed by atoms with E-state index in [2.05, 4.69) is 5.32 Å². The maximum absolute atomic E-state index is 13.6. The lowest BCUT2D eigenvalue weighted by Crippen LogP contribution is -2.44. The van der Waals surface area contributed by atoms with Crippen LogP contribution >= 0.6 is 0 Å². The standard InChI is InChI=1S/C12H17FN2O4S/c1-15(10-6-14-7-11(10)16)20(17,18)8-3-4-12(19-2)9(13)5-8/h3-5,10-11,14,16H,6-7H2,1-2H3/t10-,11-/m1/s1. The van der Waals surface area contributed by atoms with Crippen LogP contribution in [0.3, 0.4) is 0 Å². The van der Waals surface area contributed by atoms with Gasteiger partial charge in [-0.1, -0.05) is 0 Å². The lowest BCUT2D eigenvalue weighted by atomic mass is 10.2. The number of nitrogens with one attached hydrogen (secondary N) is 1. The summed E-state index contributed by atoms with van der Waals surface area (Å²) in [5.74, 6) is -0.763. The SMILES string of the molecule is COc1ccc(S(=O)(=O)N(C)[C@@H]2CNC[C@H]2O)cc1F. The van der Waals surface area contributed by atoms with Crippen molar-refractivity contribution in [1.29, 1.82) is 0 Å². The molecule has 1 heterocycles. The first-order chi connectivity index (χ1) is 9.37. The molecular formula is C12H17FN2O4S. The summed E-state index contributed by atoms with van der Waals surface area (Å²) < 4.78 is 44.2. The van der Waals surface area contributed by atoms with Gasteiger partial charge in [0.25, 0.3) is 0 Å². The van der Waals surface area contributed by atoms with Gasteiger partial charge in [-0.05, 0) is 18.2 Å². The molecule has 0 spiro atoms. The molecule has 2 N–H and O–H groups in total. The Morgan fingerprint density at radius 3 is 2.65 bits per heavy atom. The fourth-order valence-corrected chi connectivity index (χ4v) is 3.57. The summed E-state index contributed by atoms with van der Waals surface area (Å²) >= 11 is 0. The van der Waals surface area contributed by atoms with E-state index >= 15 is 0 Å². The molecule has 1 saturated heterocycles. The molecule has 2 rings (SSSR count). The van der Waals surface area contributed by atoms with E-state index in [1.165, 1.54) is 26.3 Å². The Morgan fingerprint density at radius 1 is 1.45 bits per heavy atom. The highest BCUT2D eigenvalue weighted by molar-refractivity contribution is 7.89. The van der Waals surface area contributed by atoms with E-state index in [0.717, 1.165) is 10.4 Å². The topological polar surface area (TPSA) is 78.9 Å². The molecule has 8 heteroatoms. The van der Waals surface area contributed by atoms with Gasteiger partial charge in [0.15, 0.2) is 11.6 Å². The van der Waals surface area contributed by atoms with Gasteiger partial charge in [0.1, 0.15) is 0 Å². The third-order valence-electron chi connectivity index (χ3n) is 3.42. The van der Waals surface area contributed by atoms with Crippen molar-refractivity contribution < 1.29 is 22.7 Å². The zero-order chi connectivity index (χ0) is 14.9. The smallest absolute Gasteiger partial charge is 0.243 e. The number of hydrogen-bond acceptors (Lipinski definition) is 5. The summed E-state index contributed by atoms with van der Waals surface area (Å²) in [6, 6.07) is 2.89. The van der Waals surface area contributed by atoms with Crippen molar-refractivity contribution in [1.82, 2.24) is 9.62 Å². The average Bonchev–Trinajstić information content (AvgIpc) is 2.83. The third kappa shape index (κ3) is 2.64. The minimum absolute atomic E-state index is 0.0193. The van der Waals surface area contributed by atoms with Crippen molar-refractivity contribution in [2.75, 3.05) is 27.2 Å². The van der Waals surface area contributed by atoms with Crippen LogP contribution in [0, 0.1) is 5.82 Å². The molecule has 0 radical (unpaired) electrons. The van der Waals surface area contributed by atoms with Crippen molar-refractivity contribution in [3.63, 3.8) is 0 Å². The van der Waals surface area contributed by atoms with E-state index in [0.29, 0.717) is 13.1 Å². The molecule has 1 aromatic carbocycles. The molecule has 0 unspecified atom stereocenters. The molecule has 0 saturated carbocycles. The molecule has 0 aliphatic carbocycles. The molecule has 0 bridgehead atoms. The molecule has 1 aliphatic rings. The maximum Gasteiger partial charge on any atom is 0.243 e. The van der Waals surface area contributed by atoms with E-state index in [4.69, 9.17) is 4.74 Å². The van der Waals surface area contributed by atoms with Crippen LogP contribution in [-0.4, -0.2) is 57.2 Å². The van der Waals surface area contributed by atoms with Crippen LogP contribution < -0.4 is 10.1 Å². The molecule has 6 nitrogen and oxygen atoms in total. The normalized spacial score (nSPS) is 23.2. The molecule has 20 heavy (non-hydrogen) atoms. The second kappa shape index (κ2) is 5.65. The zero-order valence-electron chi connectivity index (χ0n) is 11.2. The lowest BCUT2D eigenvalue weighted by Gasteiger charge is -2.25. The van der Waals surface area contributed by atoms with Crippen LogP contribution in [-0.2, 0) is 10.0 Å². The number of sulfonamides is 1. The number of likely N-dealkylation sites (N-methyl/N-ethyl adjacent to an activating group) is 1. The molecule has 1 aromatic rings. The first kappa shape index (κ1) is 15.2. The summed E-state index contributed by atoms with van der Waals surface area (Å²) in [6.45, 7) is 0.692. The van der Waals surface area contributed by atoms with Crippen LogP contribution in [0.5, 0.6) is 5.75 Å². The highest BCUT2D eigenvalue weighted by atomic mass is 32.2. The minimum atomic E-state index is -3.87. The van der Waals surface area contributed by atoms with E-state index in [-0.39, 0.29) is 10.6 Å². The van der Waals surface area contributed by atoms with E-state index < -0.39 is 28.0 Å². The summed E-state index contributed by atoms with van der Waals surface area (Å²) in [5, 5.41) is 12.6. The first-order valence-electron chi connectivity index (χ1n) is 6.08. The third-order valence-corrected chi connectivity index (χ3v) is 5.30. The predicted molar refractivity (Wildman–Crippen MR) is 70.6 cm³/mol. The predicted octanol–water partition coefficient (Wildman–Crippen LogP) is -0.212. The van der Waals surface area contributed by atoms with Gasteiger partial charge < -0.3 is 15.2 Å². The monoisotopic (exact) mass is 304 g/mol.